The summed E-state index contributed by atoms with van der Waals surface area (Å²) >= 11 is 0. The van der Waals surface area contributed by atoms with Crippen LogP contribution in [0.4, 0.5) is 5.69 Å². The van der Waals surface area contributed by atoms with Gasteiger partial charge < -0.3 is 14.8 Å². The van der Waals surface area contributed by atoms with Gasteiger partial charge >= 0.3 is 0 Å². The van der Waals surface area contributed by atoms with Crippen LogP contribution in [0.2, 0.25) is 0 Å². The van der Waals surface area contributed by atoms with Gasteiger partial charge in [0.15, 0.2) is 6.10 Å². The number of carbonyl (C=O) groups is 1. The average molecular weight is 354 g/mol. The number of hydrogen-bond donors (Lipinski definition) is 1. The molecule has 0 radical (unpaired) electrons. The fraction of sp³-hybridized carbons (Fsp3) is 0.562. The Hall–Kier alpha value is -1.48. The van der Waals surface area contributed by atoms with Gasteiger partial charge in [0.1, 0.15) is 0 Å². The van der Waals surface area contributed by atoms with Gasteiger partial charge in [0.2, 0.25) is 10.0 Å². The third-order valence-corrected chi connectivity index (χ3v) is 6.10. The standard InChI is InChI=1S/C16H22N2O5S/c19-16(15-12-22-10-11-23-15)17-13-4-6-14(7-5-13)24(20,21)18-8-2-1-3-9-18/h4-7,15H,1-3,8-12H2,(H,17,19). The van der Waals surface area contributed by atoms with Gasteiger partial charge in [0.05, 0.1) is 24.7 Å². The summed E-state index contributed by atoms with van der Waals surface area (Å²) in [5.74, 6) is -0.290. The number of benzene rings is 1. The Bertz CT molecular complexity index is 662. The maximum atomic E-state index is 12.6. The lowest BCUT2D eigenvalue weighted by atomic mass is 10.2. The molecule has 1 atom stereocenters. The summed E-state index contributed by atoms with van der Waals surface area (Å²) in [4.78, 5) is 12.3. The Morgan fingerprint density at radius 1 is 1.08 bits per heavy atom. The van der Waals surface area contributed by atoms with E-state index < -0.39 is 16.1 Å². The lowest BCUT2D eigenvalue weighted by Gasteiger charge is -2.26. The number of amides is 1. The summed E-state index contributed by atoms with van der Waals surface area (Å²) in [6.45, 7) is 2.25. The number of rotatable bonds is 4. The monoisotopic (exact) mass is 354 g/mol. The number of ether oxygens (including phenoxy) is 2. The number of carbonyl (C=O) groups excluding carboxylic acids is 1. The molecule has 0 saturated carbocycles. The minimum absolute atomic E-state index is 0.229. The summed E-state index contributed by atoms with van der Waals surface area (Å²) in [6, 6.07) is 6.24. The molecule has 0 aliphatic carbocycles. The maximum Gasteiger partial charge on any atom is 0.255 e. The second-order valence-corrected chi connectivity index (χ2v) is 7.85. The molecule has 3 rings (SSSR count). The van der Waals surface area contributed by atoms with Gasteiger partial charge in [-0.3, -0.25) is 4.79 Å². The number of sulfonamides is 1. The third kappa shape index (κ3) is 3.94. The van der Waals surface area contributed by atoms with Crippen molar-refractivity contribution in [3.8, 4) is 0 Å². The molecule has 2 fully saturated rings. The SMILES string of the molecule is O=C(Nc1ccc(S(=O)(=O)N2CCCCC2)cc1)C1COCCO1. The van der Waals surface area contributed by atoms with Gasteiger partial charge in [-0.25, -0.2) is 8.42 Å². The van der Waals surface area contributed by atoms with Crippen molar-refractivity contribution >= 4 is 21.6 Å². The number of nitrogens with zero attached hydrogens (tertiary/aromatic N) is 1. The van der Waals surface area contributed by atoms with E-state index >= 15 is 0 Å². The van der Waals surface area contributed by atoms with E-state index in [0.717, 1.165) is 19.3 Å². The molecule has 2 aliphatic rings. The second kappa shape index (κ2) is 7.60. The fourth-order valence-electron chi connectivity index (χ4n) is 2.83. The molecular formula is C16H22N2O5S. The van der Waals surface area contributed by atoms with Crippen LogP contribution in [-0.4, -0.2) is 57.6 Å². The quantitative estimate of drug-likeness (QED) is 0.879. The zero-order chi connectivity index (χ0) is 17.0. The molecule has 1 unspecified atom stereocenters. The first kappa shape index (κ1) is 17.3. The summed E-state index contributed by atoms with van der Waals surface area (Å²) in [6.07, 6.45) is 2.24. The highest BCUT2D eigenvalue weighted by Gasteiger charge is 2.26. The first-order valence-electron chi connectivity index (χ1n) is 8.18. The van der Waals surface area contributed by atoms with Crippen molar-refractivity contribution in [3.63, 3.8) is 0 Å². The largest absolute Gasteiger partial charge is 0.376 e. The Labute approximate surface area is 142 Å². The average Bonchev–Trinajstić information content (AvgIpc) is 2.63. The van der Waals surface area contributed by atoms with Crippen LogP contribution in [0.1, 0.15) is 19.3 Å². The highest BCUT2D eigenvalue weighted by molar-refractivity contribution is 7.89. The van der Waals surface area contributed by atoms with Gasteiger partial charge in [-0.2, -0.15) is 4.31 Å². The Morgan fingerprint density at radius 2 is 1.79 bits per heavy atom. The van der Waals surface area contributed by atoms with Crippen molar-refractivity contribution in [1.82, 2.24) is 4.31 Å². The third-order valence-electron chi connectivity index (χ3n) is 4.18. The van der Waals surface area contributed by atoms with Crippen LogP contribution in [0.15, 0.2) is 29.2 Å². The molecule has 1 amide bonds. The lowest BCUT2D eigenvalue weighted by Crippen LogP contribution is -2.39. The van der Waals surface area contributed by atoms with Crippen LogP contribution >= 0.6 is 0 Å². The van der Waals surface area contributed by atoms with E-state index in [1.165, 1.54) is 16.4 Å². The molecule has 0 bridgehead atoms. The fourth-order valence-corrected chi connectivity index (χ4v) is 4.34. The predicted octanol–water partition coefficient (Wildman–Crippen LogP) is 1.22. The van der Waals surface area contributed by atoms with E-state index in [1.807, 2.05) is 0 Å². The summed E-state index contributed by atoms with van der Waals surface area (Å²) in [5, 5.41) is 2.72. The maximum absolute atomic E-state index is 12.6. The van der Waals surface area contributed by atoms with Crippen molar-refractivity contribution in [2.45, 2.75) is 30.3 Å². The Kier molecular flexibility index (Phi) is 5.50. The molecule has 2 heterocycles. The minimum Gasteiger partial charge on any atom is -0.376 e. The van der Waals surface area contributed by atoms with Crippen LogP contribution in [0.5, 0.6) is 0 Å². The first-order chi connectivity index (χ1) is 11.6. The highest BCUT2D eigenvalue weighted by atomic mass is 32.2. The Morgan fingerprint density at radius 3 is 2.42 bits per heavy atom. The zero-order valence-electron chi connectivity index (χ0n) is 13.4. The zero-order valence-corrected chi connectivity index (χ0v) is 14.3. The summed E-state index contributed by atoms with van der Waals surface area (Å²) in [5.41, 5.74) is 0.534. The number of anilines is 1. The van der Waals surface area contributed by atoms with Gasteiger partial charge in [-0.1, -0.05) is 6.42 Å². The molecule has 132 valence electrons. The van der Waals surface area contributed by atoms with Crippen LogP contribution in [-0.2, 0) is 24.3 Å². The number of piperidine rings is 1. The molecule has 24 heavy (non-hydrogen) atoms. The van der Waals surface area contributed by atoms with Gasteiger partial charge in [0.25, 0.3) is 5.91 Å². The van der Waals surface area contributed by atoms with Crippen LogP contribution in [0, 0.1) is 0 Å². The van der Waals surface area contributed by atoms with Crippen molar-refractivity contribution < 1.29 is 22.7 Å². The topological polar surface area (TPSA) is 84.9 Å². The molecule has 2 saturated heterocycles. The molecule has 1 aromatic carbocycles. The minimum atomic E-state index is -3.45. The van der Waals surface area contributed by atoms with Gasteiger partial charge in [-0.05, 0) is 37.1 Å². The molecule has 1 N–H and O–H groups in total. The normalized spacial score (nSPS) is 22.9. The summed E-state index contributed by atoms with van der Waals surface area (Å²) in [7, 11) is -3.45. The van der Waals surface area contributed by atoms with E-state index in [4.69, 9.17) is 9.47 Å². The predicted molar refractivity (Wildman–Crippen MR) is 88.2 cm³/mol. The van der Waals surface area contributed by atoms with E-state index in [1.54, 1.807) is 12.1 Å². The van der Waals surface area contributed by atoms with Gasteiger partial charge in [-0.15, -0.1) is 0 Å². The van der Waals surface area contributed by atoms with Crippen LogP contribution in [0.25, 0.3) is 0 Å². The molecule has 7 nitrogen and oxygen atoms in total. The van der Waals surface area contributed by atoms with E-state index in [9.17, 15) is 13.2 Å². The van der Waals surface area contributed by atoms with E-state index in [0.29, 0.717) is 32.0 Å². The van der Waals surface area contributed by atoms with Crippen molar-refractivity contribution in [2.75, 3.05) is 38.2 Å². The molecule has 8 heteroatoms. The molecular weight excluding hydrogens is 332 g/mol. The molecule has 0 aromatic heterocycles. The van der Waals surface area contributed by atoms with Crippen LogP contribution in [0.3, 0.4) is 0 Å². The molecule has 2 aliphatic heterocycles. The van der Waals surface area contributed by atoms with Gasteiger partial charge in [0, 0.05) is 18.8 Å². The highest BCUT2D eigenvalue weighted by Crippen LogP contribution is 2.22. The van der Waals surface area contributed by atoms with Crippen molar-refractivity contribution in [3.05, 3.63) is 24.3 Å². The van der Waals surface area contributed by atoms with Crippen molar-refractivity contribution in [1.29, 1.82) is 0 Å². The molecule has 1 aromatic rings. The van der Waals surface area contributed by atoms with Crippen LogP contribution < -0.4 is 5.32 Å². The molecule has 0 spiro atoms. The smallest absolute Gasteiger partial charge is 0.255 e. The first-order valence-corrected chi connectivity index (χ1v) is 9.62. The Balaban J connectivity index is 1.65. The van der Waals surface area contributed by atoms with E-state index in [2.05, 4.69) is 5.32 Å². The lowest BCUT2D eigenvalue weighted by molar-refractivity contribution is -0.142. The second-order valence-electron chi connectivity index (χ2n) is 5.91. The summed E-state index contributed by atoms with van der Waals surface area (Å²) < 4.78 is 37.2. The van der Waals surface area contributed by atoms with Crippen molar-refractivity contribution in [2.24, 2.45) is 0 Å². The number of hydrogen-bond acceptors (Lipinski definition) is 5. The van der Waals surface area contributed by atoms with E-state index in [-0.39, 0.29) is 17.4 Å². The number of nitrogens with one attached hydrogen (secondary N) is 1.